The maximum absolute atomic E-state index is 14.5. The van der Waals surface area contributed by atoms with Crippen molar-refractivity contribution in [3.8, 4) is 5.69 Å². The van der Waals surface area contributed by atoms with E-state index in [9.17, 15) is 18.0 Å². The lowest BCUT2D eigenvalue weighted by atomic mass is 9.77. The maximum Gasteiger partial charge on any atom is 0.359 e. The van der Waals surface area contributed by atoms with E-state index in [0.29, 0.717) is 42.4 Å². The highest BCUT2D eigenvalue weighted by atomic mass is 35.5. The summed E-state index contributed by atoms with van der Waals surface area (Å²) in [4.78, 5) is 14.7. The zero-order chi connectivity index (χ0) is 24.8. The van der Waals surface area contributed by atoms with Crippen LogP contribution in [0.3, 0.4) is 0 Å². The van der Waals surface area contributed by atoms with Gasteiger partial charge in [0, 0.05) is 31.4 Å². The summed E-state index contributed by atoms with van der Waals surface area (Å²) >= 11 is 7.40. The van der Waals surface area contributed by atoms with E-state index in [1.807, 2.05) is 0 Å². The van der Waals surface area contributed by atoms with Crippen molar-refractivity contribution in [2.75, 3.05) is 26.3 Å². The summed E-state index contributed by atoms with van der Waals surface area (Å²) in [6.45, 7) is 2.83. The van der Waals surface area contributed by atoms with E-state index in [1.165, 1.54) is 28.6 Å². The number of hydrogen-bond acceptors (Lipinski definition) is 6. The molecule has 2 atom stereocenters. The number of para-hydroxylation sites is 1. The van der Waals surface area contributed by atoms with Gasteiger partial charge in [-0.2, -0.15) is 5.10 Å². The molecule has 0 saturated carbocycles. The Balaban J connectivity index is 1.34. The molecule has 2 fully saturated rings. The van der Waals surface area contributed by atoms with Crippen molar-refractivity contribution >= 4 is 29.3 Å². The molecule has 3 aliphatic rings. The number of thioether (sulfide) groups is 1. The number of fused-ring (bicyclic) bond motifs is 2. The molecular formula is C24H25ClF3N3O3S. The third-order valence-corrected chi connectivity index (χ3v) is 8.62. The number of rotatable bonds is 5. The summed E-state index contributed by atoms with van der Waals surface area (Å²) in [5.74, 6) is -4.91. The molecule has 5 rings (SSSR count). The lowest BCUT2D eigenvalue weighted by Crippen LogP contribution is -2.61. The first kappa shape index (κ1) is 24.7. The van der Waals surface area contributed by atoms with Crippen molar-refractivity contribution in [3.05, 3.63) is 58.0 Å². The number of allylic oxidation sites excluding steroid dienone is 1. The first-order valence-electron chi connectivity index (χ1n) is 11.5. The standard InChI is InChI=1S/C24H25ClF3N3O3S/c1-2-33-22(32)20-15(13-31(29-20)18-6-4-3-5-17(18)26)12-30-9-7-23(8-10-30)21-16(11-19(25)35-21)24(27,28)14-34-23/h3-6,11,13,16,21H,2,7-10,12,14H2,1H3. The highest BCUT2D eigenvalue weighted by Gasteiger charge is 2.60. The number of carbonyl (C=O) groups is 1. The number of esters is 1. The quantitative estimate of drug-likeness (QED) is 0.510. The third-order valence-electron chi connectivity index (χ3n) is 6.89. The van der Waals surface area contributed by atoms with Crippen molar-refractivity contribution in [1.29, 1.82) is 0 Å². The number of ether oxygens (including phenoxy) is 2. The number of halogens is 4. The minimum atomic E-state index is -2.94. The molecule has 188 valence electrons. The Bertz CT molecular complexity index is 1150. The molecule has 0 bridgehead atoms. The van der Waals surface area contributed by atoms with Crippen LogP contribution >= 0.6 is 23.4 Å². The fourth-order valence-electron chi connectivity index (χ4n) is 5.08. The maximum atomic E-state index is 14.5. The van der Waals surface area contributed by atoms with Gasteiger partial charge in [0.15, 0.2) is 5.69 Å². The molecule has 2 aromatic rings. The smallest absolute Gasteiger partial charge is 0.359 e. The van der Waals surface area contributed by atoms with Gasteiger partial charge in [-0.15, -0.1) is 11.8 Å². The first-order chi connectivity index (χ1) is 16.7. The van der Waals surface area contributed by atoms with Crippen LogP contribution < -0.4 is 0 Å². The second-order valence-electron chi connectivity index (χ2n) is 9.05. The summed E-state index contributed by atoms with van der Waals surface area (Å²) < 4.78 is 56.0. The predicted molar refractivity (Wildman–Crippen MR) is 126 cm³/mol. The molecule has 3 aliphatic heterocycles. The Morgan fingerprint density at radius 3 is 2.77 bits per heavy atom. The van der Waals surface area contributed by atoms with Crippen molar-refractivity contribution in [1.82, 2.24) is 14.7 Å². The van der Waals surface area contributed by atoms with E-state index in [0.717, 1.165) is 0 Å². The van der Waals surface area contributed by atoms with Crippen molar-refractivity contribution in [2.24, 2.45) is 5.92 Å². The van der Waals surface area contributed by atoms with E-state index in [1.54, 1.807) is 31.3 Å². The zero-order valence-electron chi connectivity index (χ0n) is 19.1. The highest BCUT2D eigenvalue weighted by Crippen LogP contribution is 2.56. The number of nitrogens with zero attached hydrogens (tertiary/aromatic N) is 3. The molecule has 0 amide bonds. The van der Waals surface area contributed by atoms with E-state index in [4.69, 9.17) is 21.1 Å². The Hall–Kier alpha value is -2.01. The predicted octanol–water partition coefficient (Wildman–Crippen LogP) is 5.00. The molecule has 0 N–H and O–H groups in total. The normalized spacial score (nSPS) is 25.3. The molecule has 2 saturated heterocycles. The van der Waals surface area contributed by atoms with Gasteiger partial charge < -0.3 is 9.47 Å². The molecule has 1 aromatic heterocycles. The third kappa shape index (κ3) is 4.61. The number of benzene rings is 1. The van der Waals surface area contributed by atoms with Gasteiger partial charge in [-0.3, -0.25) is 4.90 Å². The molecule has 1 spiro atoms. The molecular weight excluding hydrogens is 503 g/mol. The number of carbonyl (C=O) groups excluding carboxylic acids is 1. The van der Waals surface area contributed by atoms with Gasteiger partial charge in [0.25, 0.3) is 5.92 Å². The second kappa shape index (κ2) is 9.46. The van der Waals surface area contributed by atoms with Crippen LogP contribution in [0.2, 0.25) is 0 Å². The minimum Gasteiger partial charge on any atom is -0.461 e. The summed E-state index contributed by atoms with van der Waals surface area (Å²) in [5.41, 5.74) is 0.289. The molecule has 2 unspecified atom stereocenters. The Morgan fingerprint density at radius 2 is 2.06 bits per heavy atom. The van der Waals surface area contributed by atoms with Gasteiger partial charge in [0.05, 0.1) is 27.7 Å². The fourth-order valence-corrected chi connectivity index (χ4v) is 6.91. The van der Waals surface area contributed by atoms with Crippen LogP contribution in [0, 0.1) is 11.7 Å². The summed E-state index contributed by atoms with van der Waals surface area (Å²) in [7, 11) is 0. The van der Waals surface area contributed by atoms with Gasteiger partial charge in [-0.25, -0.2) is 22.6 Å². The molecule has 35 heavy (non-hydrogen) atoms. The van der Waals surface area contributed by atoms with E-state index < -0.39 is 41.1 Å². The van der Waals surface area contributed by atoms with Crippen LogP contribution in [0.15, 0.2) is 40.9 Å². The van der Waals surface area contributed by atoms with Crippen molar-refractivity contribution in [3.63, 3.8) is 0 Å². The van der Waals surface area contributed by atoms with Gasteiger partial charge in [-0.1, -0.05) is 23.7 Å². The number of alkyl halides is 2. The number of aromatic nitrogens is 2. The average Bonchev–Trinajstić information content (AvgIpc) is 3.44. The van der Waals surface area contributed by atoms with Crippen LogP contribution in [0.4, 0.5) is 13.2 Å². The van der Waals surface area contributed by atoms with Gasteiger partial charge in [-0.05, 0) is 38.0 Å². The minimum absolute atomic E-state index is 0.131. The van der Waals surface area contributed by atoms with Crippen LogP contribution in [0.1, 0.15) is 35.8 Å². The summed E-state index contributed by atoms with van der Waals surface area (Å²) in [5, 5.41) is 3.89. The monoisotopic (exact) mass is 527 g/mol. The highest BCUT2D eigenvalue weighted by molar-refractivity contribution is 8.05. The molecule has 1 aromatic carbocycles. The molecule has 0 radical (unpaired) electrons. The number of likely N-dealkylation sites (tertiary alicyclic amines) is 1. The van der Waals surface area contributed by atoms with Gasteiger partial charge in [0.2, 0.25) is 0 Å². The van der Waals surface area contributed by atoms with E-state index in [-0.39, 0.29) is 18.0 Å². The molecule has 6 nitrogen and oxygen atoms in total. The van der Waals surface area contributed by atoms with Crippen molar-refractivity contribution in [2.45, 2.75) is 43.1 Å². The van der Waals surface area contributed by atoms with Gasteiger partial charge >= 0.3 is 5.97 Å². The van der Waals surface area contributed by atoms with E-state index >= 15 is 0 Å². The molecule has 4 heterocycles. The first-order valence-corrected chi connectivity index (χ1v) is 12.8. The number of piperidine rings is 1. The lowest BCUT2D eigenvalue weighted by Gasteiger charge is -2.51. The largest absolute Gasteiger partial charge is 0.461 e. The van der Waals surface area contributed by atoms with Crippen molar-refractivity contribution < 1.29 is 27.4 Å². The van der Waals surface area contributed by atoms with E-state index in [2.05, 4.69) is 10.00 Å². The Labute approximate surface area is 210 Å². The number of hydrogen-bond donors (Lipinski definition) is 0. The summed E-state index contributed by atoms with van der Waals surface area (Å²) in [6, 6.07) is 6.18. The SMILES string of the molecule is CCOC(=O)c1nn(-c2ccccc2F)cc1CN1CCC2(CC1)OCC(F)(F)C1C=C(Cl)SC12. The van der Waals surface area contributed by atoms with Crippen LogP contribution in [0.25, 0.3) is 5.69 Å². The second-order valence-corrected chi connectivity index (χ2v) is 10.9. The molecule has 11 heteroatoms. The zero-order valence-corrected chi connectivity index (χ0v) is 20.6. The average molecular weight is 528 g/mol. The Kier molecular flexibility index (Phi) is 6.67. The summed E-state index contributed by atoms with van der Waals surface area (Å²) in [6.07, 6.45) is 4.23. The lowest BCUT2D eigenvalue weighted by molar-refractivity contribution is -0.215. The molecule has 0 aliphatic carbocycles. The topological polar surface area (TPSA) is 56.6 Å². The Morgan fingerprint density at radius 1 is 1.31 bits per heavy atom. The van der Waals surface area contributed by atoms with Crippen LogP contribution in [-0.4, -0.2) is 63.7 Å². The fraction of sp³-hybridized carbons (Fsp3) is 0.500. The van der Waals surface area contributed by atoms with Crippen LogP contribution in [-0.2, 0) is 16.0 Å². The van der Waals surface area contributed by atoms with Crippen LogP contribution in [0.5, 0.6) is 0 Å². The van der Waals surface area contributed by atoms with Gasteiger partial charge in [0.1, 0.15) is 18.1 Å².